The Kier molecular flexibility index (Phi) is 7.80. The topological polar surface area (TPSA) is 84.2 Å². The minimum Gasteiger partial charge on any atom is -0.493 e. The molecule has 3 heterocycles. The summed E-state index contributed by atoms with van der Waals surface area (Å²) >= 11 is 0. The maximum atomic E-state index is 13.9. The molecule has 6 rings (SSSR count). The van der Waals surface area contributed by atoms with Crippen LogP contribution in [0.5, 0.6) is 11.5 Å². The molecule has 0 unspecified atom stereocenters. The van der Waals surface area contributed by atoms with Gasteiger partial charge in [0.15, 0.2) is 11.5 Å². The SMILES string of the molecule is COc1ccc(Cn2c(=O)c3cc(N4CC(OCc5ccccc5)C4)ccc3n(C3CCOCC3)c2=O)cc1OC. The Balaban J connectivity index is 1.32. The Morgan fingerprint density at radius 1 is 0.854 bits per heavy atom. The second-order valence-electron chi connectivity index (χ2n) is 10.6. The van der Waals surface area contributed by atoms with Gasteiger partial charge >= 0.3 is 5.69 Å². The number of fused-ring (bicyclic) bond motifs is 1. The van der Waals surface area contributed by atoms with Gasteiger partial charge in [-0.25, -0.2) is 4.79 Å². The van der Waals surface area contributed by atoms with Crippen molar-refractivity contribution in [2.45, 2.75) is 38.1 Å². The van der Waals surface area contributed by atoms with Crippen LogP contribution in [0.15, 0.2) is 76.3 Å². The summed E-state index contributed by atoms with van der Waals surface area (Å²) in [5.41, 5.74) is 2.92. The summed E-state index contributed by atoms with van der Waals surface area (Å²) in [7, 11) is 3.14. The van der Waals surface area contributed by atoms with Gasteiger partial charge in [0.1, 0.15) is 0 Å². The molecule has 4 aromatic rings. The fraction of sp³-hybridized carbons (Fsp3) is 0.375. The number of methoxy groups -OCH3 is 2. The highest BCUT2D eigenvalue weighted by Crippen LogP contribution is 2.30. The molecule has 3 aromatic carbocycles. The van der Waals surface area contributed by atoms with Crippen LogP contribution in [0.4, 0.5) is 5.69 Å². The lowest BCUT2D eigenvalue weighted by Gasteiger charge is -2.40. The number of hydrogen-bond acceptors (Lipinski definition) is 7. The maximum absolute atomic E-state index is 13.9. The van der Waals surface area contributed by atoms with Crippen LogP contribution >= 0.6 is 0 Å². The molecule has 214 valence electrons. The Morgan fingerprint density at radius 2 is 1.61 bits per heavy atom. The Labute approximate surface area is 238 Å². The minimum atomic E-state index is -0.310. The van der Waals surface area contributed by atoms with Crippen LogP contribution in [0.2, 0.25) is 0 Å². The van der Waals surface area contributed by atoms with Crippen LogP contribution in [0.1, 0.15) is 30.0 Å². The molecule has 0 amide bonds. The second-order valence-corrected chi connectivity index (χ2v) is 10.6. The third kappa shape index (κ3) is 5.47. The Hall–Kier alpha value is -4.08. The van der Waals surface area contributed by atoms with Crippen molar-refractivity contribution in [2.24, 2.45) is 0 Å². The van der Waals surface area contributed by atoms with E-state index in [1.165, 1.54) is 4.57 Å². The van der Waals surface area contributed by atoms with Crippen molar-refractivity contribution in [1.82, 2.24) is 9.13 Å². The van der Waals surface area contributed by atoms with Gasteiger partial charge in [0.05, 0.1) is 44.4 Å². The van der Waals surface area contributed by atoms with Gasteiger partial charge in [0.2, 0.25) is 0 Å². The van der Waals surface area contributed by atoms with E-state index < -0.39 is 0 Å². The summed E-state index contributed by atoms with van der Waals surface area (Å²) in [5, 5.41) is 0.530. The van der Waals surface area contributed by atoms with Crippen molar-refractivity contribution in [3.63, 3.8) is 0 Å². The standard InChI is InChI=1S/C32H35N3O6/c1-38-29-11-8-23(16-30(29)39-2)18-34-31(36)27-17-25(33-19-26(20-33)41-21-22-6-4-3-5-7-22)9-10-28(27)35(32(34)37)24-12-14-40-15-13-24/h3-11,16-17,24,26H,12-15,18-21H2,1-2H3. The van der Waals surface area contributed by atoms with E-state index in [2.05, 4.69) is 17.0 Å². The van der Waals surface area contributed by atoms with Crippen molar-refractivity contribution in [3.8, 4) is 11.5 Å². The highest BCUT2D eigenvalue weighted by molar-refractivity contribution is 5.82. The number of nitrogens with zero attached hydrogens (tertiary/aromatic N) is 3. The van der Waals surface area contributed by atoms with E-state index in [-0.39, 0.29) is 29.9 Å². The van der Waals surface area contributed by atoms with Gasteiger partial charge in [0.25, 0.3) is 5.56 Å². The molecule has 0 aliphatic carbocycles. The first-order valence-corrected chi connectivity index (χ1v) is 14.0. The van der Waals surface area contributed by atoms with E-state index in [9.17, 15) is 9.59 Å². The molecule has 1 aromatic heterocycles. The van der Waals surface area contributed by atoms with Crippen molar-refractivity contribution in [1.29, 1.82) is 0 Å². The predicted octanol–water partition coefficient (Wildman–Crippen LogP) is 3.99. The summed E-state index contributed by atoms with van der Waals surface area (Å²) in [6.07, 6.45) is 1.57. The van der Waals surface area contributed by atoms with Gasteiger partial charge in [-0.05, 0) is 54.3 Å². The van der Waals surface area contributed by atoms with Crippen LogP contribution in [0, 0.1) is 0 Å². The third-order valence-electron chi connectivity index (χ3n) is 8.04. The molecule has 2 fully saturated rings. The van der Waals surface area contributed by atoms with E-state index in [1.54, 1.807) is 30.9 Å². The second kappa shape index (κ2) is 11.8. The first kappa shape index (κ1) is 27.1. The van der Waals surface area contributed by atoms with Gasteiger partial charge in [-0.2, -0.15) is 0 Å². The summed E-state index contributed by atoms with van der Waals surface area (Å²) < 4.78 is 25.6. The summed E-state index contributed by atoms with van der Waals surface area (Å²) in [4.78, 5) is 30.0. The summed E-state index contributed by atoms with van der Waals surface area (Å²) in [6, 6.07) is 21.4. The third-order valence-corrected chi connectivity index (χ3v) is 8.04. The molecule has 0 radical (unpaired) electrons. The van der Waals surface area contributed by atoms with Gasteiger partial charge in [-0.3, -0.25) is 13.9 Å². The van der Waals surface area contributed by atoms with Crippen molar-refractivity contribution < 1.29 is 18.9 Å². The summed E-state index contributed by atoms with van der Waals surface area (Å²) in [5.74, 6) is 1.14. The molecule has 9 heteroatoms. The number of rotatable bonds is 9. The molecular weight excluding hydrogens is 522 g/mol. The number of anilines is 1. The van der Waals surface area contributed by atoms with Crippen molar-refractivity contribution in [3.05, 3.63) is 98.7 Å². The van der Waals surface area contributed by atoms with Crippen molar-refractivity contribution >= 4 is 16.6 Å². The zero-order chi connectivity index (χ0) is 28.3. The first-order chi connectivity index (χ1) is 20.1. The number of benzene rings is 3. The van der Waals surface area contributed by atoms with Gasteiger partial charge in [0, 0.05) is 38.0 Å². The molecule has 0 atom stereocenters. The van der Waals surface area contributed by atoms with Crippen LogP contribution < -0.4 is 25.6 Å². The lowest BCUT2D eigenvalue weighted by molar-refractivity contribution is 0.0224. The van der Waals surface area contributed by atoms with Gasteiger partial charge in [-0.1, -0.05) is 36.4 Å². The summed E-state index contributed by atoms with van der Waals surface area (Å²) in [6.45, 7) is 3.37. The van der Waals surface area contributed by atoms with E-state index in [0.717, 1.165) is 42.7 Å². The fourth-order valence-corrected chi connectivity index (χ4v) is 5.71. The Bertz CT molecular complexity index is 1640. The zero-order valence-corrected chi connectivity index (χ0v) is 23.5. The Morgan fingerprint density at radius 3 is 2.34 bits per heavy atom. The molecule has 0 bridgehead atoms. The first-order valence-electron chi connectivity index (χ1n) is 14.0. The molecule has 2 aliphatic heterocycles. The highest BCUT2D eigenvalue weighted by atomic mass is 16.5. The molecular formula is C32H35N3O6. The highest BCUT2D eigenvalue weighted by Gasteiger charge is 2.29. The molecule has 0 N–H and O–H groups in total. The smallest absolute Gasteiger partial charge is 0.332 e. The lowest BCUT2D eigenvalue weighted by atomic mass is 10.1. The maximum Gasteiger partial charge on any atom is 0.332 e. The van der Waals surface area contributed by atoms with Crippen molar-refractivity contribution in [2.75, 3.05) is 45.4 Å². The predicted molar refractivity (Wildman–Crippen MR) is 157 cm³/mol. The minimum absolute atomic E-state index is 0.0402. The molecule has 2 saturated heterocycles. The largest absolute Gasteiger partial charge is 0.493 e. The molecule has 0 spiro atoms. The molecule has 41 heavy (non-hydrogen) atoms. The van der Waals surface area contributed by atoms with Crippen LogP contribution in [0.25, 0.3) is 10.9 Å². The van der Waals surface area contributed by atoms with E-state index in [4.69, 9.17) is 18.9 Å². The average molecular weight is 558 g/mol. The molecule has 2 aliphatic rings. The van der Waals surface area contributed by atoms with E-state index in [0.29, 0.717) is 42.2 Å². The van der Waals surface area contributed by atoms with Crippen LogP contribution in [0.3, 0.4) is 0 Å². The van der Waals surface area contributed by atoms with Gasteiger partial charge < -0.3 is 23.8 Å². The van der Waals surface area contributed by atoms with E-state index in [1.807, 2.05) is 42.5 Å². The number of hydrogen-bond donors (Lipinski definition) is 0. The van der Waals surface area contributed by atoms with E-state index >= 15 is 0 Å². The van der Waals surface area contributed by atoms with Crippen LogP contribution in [-0.2, 0) is 22.6 Å². The fourth-order valence-electron chi connectivity index (χ4n) is 5.71. The average Bonchev–Trinajstić information content (AvgIpc) is 2.99. The number of ether oxygens (including phenoxy) is 4. The monoisotopic (exact) mass is 557 g/mol. The molecule has 0 saturated carbocycles. The van der Waals surface area contributed by atoms with Gasteiger partial charge in [-0.15, -0.1) is 0 Å². The zero-order valence-electron chi connectivity index (χ0n) is 23.5. The lowest BCUT2D eigenvalue weighted by Crippen LogP contribution is -2.52. The molecule has 9 nitrogen and oxygen atoms in total. The quantitative estimate of drug-likeness (QED) is 0.308. The number of aromatic nitrogens is 2. The normalized spacial score (nSPS) is 16.1. The van der Waals surface area contributed by atoms with Crippen LogP contribution in [-0.4, -0.2) is 55.8 Å².